The Hall–Kier alpha value is -0.840. The van der Waals surface area contributed by atoms with Crippen molar-refractivity contribution < 1.29 is 0 Å². The van der Waals surface area contributed by atoms with Crippen LogP contribution < -0.4 is 10.6 Å². The van der Waals surface area contributed by atoms with Gasteiger partial charge in [0.25, 0.3) is 0 Å². The molecule has 2 N–H and O–H groups in total. The summed E-state index contributed by atoms with van der Waals surface area (Å²) >= 11 is 3.47. The predicted octanol–water partition coefficient (Wildman–Crippen LogP) is 3.27. The van der Waals surface area contributed by atoms with Crippen molar-refractivity contribution in [3.8, 4) is 0 Å². The van der Waals surface area contributed by atoms with Crippen molar-refractivity contribution in [2.75, 3.05) is 23.7 Å². The van der Waals surface area contributed by atoms with E-state index in [9.17, 15) is 0 Å². The van der Waals surface area contributed by atoms with E-state index in [0.29, 0.717) is 5.95 Å². The third-order valence-corrected chi connectivity index (χ3v) is 3.40. The molecular weight excluding hydrogens is 280 g/mol. The molecule has 1 aromatic heterocycles. The average Bonchev–Trinajstić information content (AvgIpc) is 3.14. The maximum atomic E-state index is 4.45. The zero-order valence-electron chi connectivity index (χ0n) is 10.2. The van der Waals surface area contributed by atoms with Gasteiger partial charge in [0, 0.05) is 19.3 Å². The summed E-state index contributed by atoms with van der Waals surface area (Å²) in [4.78, 5) is 8.67. The number of rotatable bonds is 7. The van der Waals surface area contributed by atoms with E-state index in [4.69, 9.17) is 0 Å². The maximum absolute atomic E-state index is 4.45. The van der Waals surface area contributed by atoms with Crippen molar-refractivity contribution in [3.05, 3.63) is 10.7 Å². The molecule has 0 aliphatic heterocycles. The third-order valence-electron chi connectivity index (χ3n) is 2.82. The van der Waals surface area contributed by atoms with Gasteiger partial charge in [0.15, 0.2) is 0 Å². The van der Waals surface area contributed by atoms with Crippen molar-refractivity contribution in [3.63, 3.8) is 0 Å². The molecule has 0 bridgehead atoms. The van der Waals surface area contributed by atoms with E-state index in [-0.39, 0.29) is 0 Å². The van der Waals surface area contributed by atoms with Crippen LogP contribution in [-0.2, 0) is 0 Å². The van der Waals surface area contributed by atoms with Crippen LogP contribution in [0.5, 0.6) is 0 Å². The van der Waals surface area contributed by atoms with Gasteiger partial charge in [-0.25, -0.2) is 4.98 Å². The molecule has 0 radical (unpaired) electrons. The van der Waals surface area contributed by atoms with Crippen LogP contribution in [0.25, 0.3) is 0 Å². The minimum Gasteiger partial charge on any atom is -0.369 e. The fraction of sp³-hybridized carbons (Fsp3) is 0.667. The molecule has 0 amide bonds. The summed E-state index contributed by atoms with van der Waals surface area (Å²) in [6, 6.07) is 0. The molecule has 1 aromatic rings. The molecule has 0 saturated heterocycles. The number of hydrogen-bond acceptors (Lipinski definition) is 4. The van der Waals surface area contributed by atoms with Crippen molar-refractivity contribution in [2.45, 2.75) is 32.6 Å². The van der Waals surface area contributed by atoms with Crippen LogP contribution in [0, 0.1) is 5.92 Å². The smallest absolute Gasteiger partial charge is 0.224 e. The van der Waals surface area contributed by atoms with E-state index >= 15 is 0 Å². The Kier molecular flexibility index (Phi) is 4.59. The van der Waals surface area contributed by atoms with E-state index in [2.05, 4.69) is 43.5 Å². The highest BCUT2D eigenvalue weighted by Crippen LogP contribution is 2.32. The van der Waals surface area contributed by atoms with Gasteiger partial charge in [-0.2, -0.15) is 4.98 Å². The Labute approximate surface area is 111 Å². The Bertz CT molecular complexity index is 366. The molecule has 2 rings (SSSR count). The quantitative estimate of drug-likeness (QED) is 0.811. The molecule has 4 nitrogen and oxygen atoms in total. The fourth-order valence-electron chi connectivity index (χ4n) is 1.61. The predicted molar refractivity (Wildman–Crippen MR) is 74.3 cm³/mol. The van der Waals surface area contributed by atoms with Gasteiger partial charge in [0.1, 0.15) is 5.82 Å². The minimum absolute atomic E-state index is 0.698. The third kappa shape index (κ3) is 4.15. The number of anilines is 2. The zero-order valence-corrected chi connectivity index (χ0v) is 11.8. The lowest BCUT2D eigenvalue weighted by atomic mass is 10.3. The molecule has 0 aromatic carbocycles. The van der Waals surface area contributed by atoms with Gasteiger partial charge in [0.2, 0.25) is 5.95 Å². The highest BCUT2D eigenvalue weighted by molar-refractivity contribution is 9.10. The molecular formula is C12H19BrN4. The zero-order chi connectivity index (χ0) is 12.1. The maximum Gasteiger partial charge on any atom is 0.224 e. The Morgan fingerprint density at radius 1 is 1.35 bits per heavy atom. The second-order valence-electron chi connectivity index (χ2n) is 4.48. The minimum atomic E-state index is 0.698. The Balaban J connectivity index is 1.88. The number of nitrogens with zero attached hydrogens (tertiary/aromatic N) is 2. The lowest BCUT2D eigenvalue weighted by Crippen LogP contribution is -2.09. The summed E-state index contributed by atoms with van der Waals surface area (Å²) in [5.74, 6) is 2.53. The molecule has 1 saturated carbocycles. The SMILES string of the molecule is CCCNc1ncc(Br)c(NCCC2CC2)n1. The van der Waals surface area contributed by atoms with Gasteiger partial charge in [-0.3, -0.25) is 0 Å². The monoisotopic (exact) mass is 298 g/mol. The molecule has 1 heterocycles. The molecule has 1 fully saturated rings. The summed E-state index contributed by atoms with van der Waals surface area (Å²) in [5.41, 5.74) is 0. The van der Waals surface area contributed by atoms with Crippen molar-refractivity contribution in [1.29, 1.82) is 0 Å². The average molecular weight is 299 g/mol. The van der Waals surface area contributed by atoms with Gasteiger partial charge in [-0.05, 0) is 34.7 Å². The normalized spacial score (nSPS) is 14.7. The van der Waals surface area contributed by atoms with Gasteiger partial charge in [0.05, 0.1) is 4.47 Å². The van der Waals surface area contributed by atoms with Crippen molar-refractivity contribution in [1.82, 2.24) is 9.97 Å². The first-order valence-electron chi connectivity index (χ1n) is 6.30. The molecule has 5 heteroatoms. The van der Waals surface area contributed by atoms with Crippen LogP contribution in [0.4, 0.5) is 11.8 Å². The molecule has 1 aliphatic carbocycles. The van der Waals surface area contributed by atoms with Gasteiger partial charge in [-0.15, -0.1) is 0 Å². The molecule has 0 unspecified atom stereocenters. The van der Waals surface area contributed by atoms with E-state index in [0.717, 1.165) is 35.7 Å². The number of nitrogens with one attached hydrogen (secondary N) is 2. The largest absolute Gasteiger partial charge is 0.369 e. The summed E-state index contributed by atoms with van der Waals surface area (Å²) in [6.45, 7) is 4.03. The first-order valence-corrected chi connectivity index (χ1v) is 7.09. The summed E-state index contributed by atoms with van der Waals surface area (Å²) < 4.78 is 0.926. The van der Waals surface area contributed by atoms with E-state index in [1.54, 1.807) is 6.20 Å². The van der Waals surface area contributed by atoms with Crippen LogP contribution in [0.1, 0.15) is 32.6 Å². The summed E-state index contributed by atoms with van der Waals surface area (Å²) in [7, 11) is 0. The standard InChI is InChI=1S/C12H19BrN4/c1-2-6-15-12-16-8-10(13)11(17-12)14-7-5-9-3-4-9/h8-9H,2-7H2,1H3,(H2,14,15,16,17). The van der Waals surface area contributed by atoms with Crippen molar-refractivity contribution >= 4 is 27.7 Å². The summed E-state index contributed by atoms with van der Waals surface area (Å²) in [5, 5.41) is 6.55. The van der Waals surface area contributed by atoms with Crippen LogP contribution in [-0.4, -0.2) is 23.1 Å². The van der Waals surface area contributed by atoms with E-state index in [1.165, 1.54) is 19.3 Å². The van der Waals surface area contributed by atoms with Gasteiger partial charge < -0.3 is 10.6 Å². The number of hydrogen-bond donors (Lipinski definition) is 2. The van der Waals surface area contributed by atoms with Gasteiger partial charge in [-0.1, -0.05) is 19.8 Å². The first kappa shape index (κ1) is 12.6. The van der Waals surface area contributed by atoms with Crippen molar-refractivity contribution in [2.24, 2.45) is 5.92 Å². The molecule has 0 atom stereocenters. The molecule has 17 heavy (non-hydrogen) atoms. The second kappa shape index (κ2) is 6.19. The lowest BCUT2D eigenvalue weighted by molar-refractivity contribution is 0.757. The first-order chi connectivity index (χ1) is 8.29. The highest BCUT2D eigenvalue weighted by Gasteiger charge is 2.20. The lowest BCUT2D eigenvalue weighted by Gasteiger charge is -2.09. The van der Waals surface area contributed by atoms with Crippen LogP contribution in [0.3, 0.4) is 0 Å². The van der Waals surface area contributed by atoms with E-state index in [1.807, 2.05) is 0 Å². The molecule has 94 valence electrons. The number of halogens is 1. The fourth-order valence-corrected chi connectivity index (χ4v) is 1.95. The topological polar surface area (TPSA) is 49.8 Å². The number of aromatic nitrogens is 2. The Morgan fingerprint density at radius 3 is 2.88 bits per heavy atom. The second-order valence-corrected chi connectivity index (χ2v) is 5.33. The molecule has 0 spiro atoms. The molecule has 1 aliphatic rings. The Morgan fingerprint density at radius 2 is 2.18 bits per heavy atom. The van der Waals surface area contributed by atoms with Crippen LogP contribution in [0.15, 0.2) is 10.7 Å². The van der Waals surface area contributed by atoms with Gasteiger partial charge >= 0.3 is 0 Å². The highest BCUT2D eigenvalue weighted by atomic mass is 79.9. The van der Waals surface area contributed by atoms with Crippen LogP contribution >= 0.6 is 15.9 Å². The summed E-state index contributed by atoms with van der Waals surface area (Å²) in [6.07, 6.45) is 6.91. The van der Waals surface area contributed by atoms with E-state index < -0.39 is 0 Å². The van der Waals surface area contributed by atoms with Crippen LogP contribution in [0.2, 0.25) is 0 Å².